The number of benzene rings is 2. The van der Waals surface area contributed by atoms with E-state index >= 15 is 0 Å². The van der Waals surface area contributed by atoms with Crippen molar-refractivity contribution < 1.29 is 13.9 Å². The van der Waals surface area contributed by atoms with Gasteiger partial charge >= 0.3 is 0 Å². The number of carbonyl (C=O) groups is 1. The van der Waals surface area contributed by atoms with Gasteiger partial charge in [0.1, 0.15) is 5.82 Å². The maximum Gasteiger partial charge on any atom is 0.192 e. The second-order valence-corrected chi connectivity index (χ2v) is 9.47. The summed E-state index contributed by atoms with van der Waals surface area (Å²) in [5, 5.41) is 9.20. The number of rotatable bonds is 10. The molecular weight excluding hydrogens is 463 g/mol. The van der Waals surface area contributed by atoms with E-state index in [1.165, 1.54) is 17.8 Å². The Morgan fingerprint density at radius 1 is 1.09 bits per heavy atom. The number of ether oxygens (including phenoxy) is 1. The number of hydrogen-bond acceptors (Lipinski definition) is 5. The van der Waals surface area contributed by atoms with Crippen molar-refractivity contribution in [2.24, 2.45) is 0 Å². The molecule has 0 amide bonds. The number of methoxy groups -OCH3 is 1. The van der Waals surface area contributed by atoms with Crippen LogP contribution in [0.25, 0.3) is 11.4 Å². The molecule has 1 unspecified atom stereocenters. The Kier molecular flexibility index (Phi) is 7.83. The van der Waals surface area contributed by atoms with E-state index in [0.29, 0.717) is 35.3 Å². The van der Waals surface area contributed by atoms with Gasteiger partial charge in [0.05, 0.1) is 30.5 Å². The fourth-order valence-electron chi connectivity index (χ4n) is 4.41. The van der Waals surface area contributed by atoms with Crippen LogP contribution < -0.4 is 0 Å². The van der Waals surface area contributed by atoms with Crippen LogP contribution in [0.2, 0.25) is 0 Å². The third kappa shape index (κ3) is 5.39. The number of aromatic nitrogens is 4. The minimum Gasteiger partial charge on any atom is -0.383 e. The second kappa shape index (κ2) is 11.0. The summed E-state index contributed by atoms with van der Waals surface area (Å²) in [6.07, 6.45) is 0. The van der Waals surface area contributed by atoms with E-state index < -0.39 is 0 Å². The second-order valence-electron chi connectivity index (χ2n) is 8.53. The number of halogens is 1. The van der Waals surface area contributed by atoms with Crippen LogP contribution in [0.1, 0.15) is 40.3 Å². The van der Waals surface area contributed by atoms with E-state index in [4.69, 9.17) is 4.74 Å². The van der Waals surface area contributed by atoms with E-state index in [1.807, 2.05) is 54.8 Å². The summed E-state index contributed by atoms with van der Waals surface area (Å²) >= 11 is 1.32. The van der Waals surface area contributed by atoms with Crippen molar-refractivity contribution in [1.82, 2.24) is 19.3 Å². The van der Waals surface area contributed by atoms with Crippen LogP contribution >= 0.6 is 11.8 Å². The molecule has 0 fully saturated rings. The highest BCUT2D eigenvalue weighted by molar-refractivity contribution is 7.99. The highest BCUT2D eigenvalue weighted by Crippen LogP contribution is 2.28. The molecule has 0 N–H and O–H groups in total. The predicted octanol–water partition coefficient (Wildman–Crippen LogP) is 5.73. The minimum absolute atomic E-state index is 0.0145. The lowest BCUT2D eigenvalue weighted by Gasteiger charge is -2.17. The molecule has 1 atom stereocenters. The van der Waals surface area contributed by atoms with Crippen LogP contribution in [-0.4, -0.2) is 44.6 Å². The summed E-state index contributed by atoms with van der Waals surface area (Å²) in [5.41, 5.74) is 4.06. The molecule has 2 heterocycles. The number of thioether (sulfide) groups is 1. The van der Waals surface area contributed by atoms with E-state index in [0.717, 1.165) is 17.0 Å². The first kappa shape index (κ1) is 24.9. The van der Waals surface area contributed by atoms with Crippen LogP contribution in [0.4, 0.5) is 4.39 Å². The average Bonchev–Trinajstić information content (AvgIpc) is 3.38. The summed E-state index contributed by atoms with van der Waals surface area (Å²) in [4.78, 5) is 13.2. The van der Waals surface area contributed by atoms with E-state index in [1.54, 1.807) is 25.3 Å². The largest absolute Gasteiger partial charge is 0.383 e. The van der Waals surface area contributed by atoms with Crippen molar-refractivity contribution in [3.05, 3.63) is 89.0 Å². The molecule has 4 rings (SSSR count). The molecule has 2 aromatic carbocycles. The van der Waals surface area contributed by atoms with E-state index in [-0.39, 0.29) is 23.4 Å². The zero-order chi connectivity index (χ0) is 24.9. The Morgan fingerprint density at radius 3 is 2.51 bits per heavy atom. The summed E-state index contributed by atoms with van der Waals surface area (Å²) in [6, 6.07) is 18.5. The molecule has 0 spiro atoms. The third-order valence-electron chi connectivity index (χ3n) is 5.98. The topological polar surface area (TPSA) is 61.9 Å². The predicted molar refractivity (Wildman–Crippen MR) is 137 cm³/mol. The molecule has 4 aromatic rings. The van der Waals surface area contributed by atoms with Crippen molar-refractivity contribution in [2.75, 3.05) is 19.5 Å². The van der Waals surface area contributed by atoms with Gasteiger partial charge in [0.2, 0.25) is 0 Å². The van der Waals surface area contributed by atoms with Gasteiger partial charge in [0.25, 0.3) is 0 Å². The number of Topliss-reactive ketones (excluding diaryl/α,β-unsaturated/α-hetero) is 1. The molecular formula is C27H29FN4O2S. The molecule has 0 aliphatic heterocycles. The van der Waals surface area contributed by atoms with Crippen molar-refractivity contribution in [2.45, 2.75) is 38.5 Å². The van der Waals surface area contributed by atoms with Gasteiger partial charge in [-0.3, -0.25) is 9.36 Å². The zero-order valence-electron chi connectivity index (χ0n) is 20.4. The molecule has 0 saturated carbocycles. The van der Waals surface area contributed by atoms with Crippen molar-refractivity contribution >= 4 is 17.5 Å². The first-order valence-corrected chi connectivity index (χ1v) is 12.4. The molecule has 6 nitrogen and oxygen atoms in total. The minimum atomic E-state index is -0.362. The lowest BCUT2D eigenvalue weighted by atomic mass is 10.2. The Morgan fingerprint density at radius 2 is 1.80 bits per heavy atom. The Labute approximate surface area is 209 Å². The van der Waals surface area contributed by atoms with Crippen molar-refractivity contribution in [3.8, 4) is 11.4 Å². The lowest BCUT2D eigenvalue weighted by Crippen LogP contribution is -2.15. The van der Waals surface area contributed by atoms with E-state index in [2.05, 4.69) is 21.7 Å². The molecule has 0 radical (unpaired) electrons. The molecule has 35 heavy (non-hydrogen) atoms. The highest BCUT2D eigenvalue weighted by atomic mass is 32.2. The first-order valence-electron chi connectivity index (χ1n) is 11.5. The highest BCUT2D eigenvalue weighted by Gasteiger charge is 2.22. The Hall–Kier alpha value is -3.23. The number of aryl methyl sites for hydroxylation is 1. The zero-order valence-corrected chi connectivity index (χ0v) is 21.2. The first-order chi connectivity index (χ1) is 16.9. The Balaban J connectivity index is 1.61. The Bertz CT molecular complexity index is 1320. The van der Waals surface area contributed by atoms with Crippen LogP contribution in [0.5, 0.6) is 0 Å². The van der Waals surface area contributed by atoms with Crippen molar-refractivity contribution in [1.29, 1.82) is 0 Å². The summed E-state index contributed by atoms with van der Waals surface area (Å²) < 4.78 is 23.9. The van der Waals surface area contributed by atoms with Crippen LogP contribution in [0.3, 0.4) is 0 Å². The number of nitrogens with zero attached hydrogens (tertiary/aromatic N) is 4. The number of ketones is 1. The maximum absolute atomic E-state index is 14.6. The van der Waals surface area contributed by atoms with Crippen LogP contribution in [0.15, 0.2) is 65.8 Å². The molecule has 182 valence electrons. The summed E-state index contributed by atoms with van der Waals surface area (Å²) in [5.74, 6) is 0.293. The fraction of sp³-hybridized carbons (Fsp3) is 0.296. The van der Waals surface area contributed by atoms with Gasteiger partial charge in [-0.2, -0.15) is 0 Å². The normalized spacial score (nSPS) is 12.1. The van der Waals surface area contributed by atoms with Crippen LogP contribution in [0, 0.1) is 19.7 Å². The quantitative estimate of drug-likeness (QED) is 0.209. The summed E-state index contributed by atoms with van der Waals surface area (Å²) in [6.45, 7) is 7.07. The maximum atomic E-state index is 14.6. The van der Waals surface area contributed by atoms with Crippen LogP contribution in [-0.2, 0) is 11.3 Å². The molecule has 0 bridgehead atoms. The van der Waals surface area contributed by atoms with Gasteiger partial charge in [-0.25, -0.2) is 4.39 Å². The van der Waals surface area contributed by atoms with Gasteiger partial charge in [-0.1, -0.05) is 54.2 Å². The molecule has 2 aromatic heterocycles. The summed E-state index contributed by atoms with van der Waals surface area (Å²) in [7, 11) is 1.68. The number of hydrogen-bond donors (Lipinski definition) is 0. The third-order valence-corrected chi connectivity index (χ3v) is 6.95. The molecule has 0 aliphatic carbocycles. The standard InChI is InChI=1S/C27H29FN4O2S/c1-18-14-23(20(3)32(18)19(2)16-34-4)25(33)17-35-27-30-29-26(22-12-8-9-13-24(22)28)31(27)15-21-10-6-5-7-11-21/h5-14,19H,15-17H2,1-4H3. The van der Waals surface area contributed by atoms with Gasteiger partial charge < -0.3 is 9.30 Å². The van der Waals surface area contributed by atoms with Gasteiger partial charge in [0.15, 0.2) is 16.8 Å². The van der Waals surface area contributed by atoms with E-state index in [9.17, 15) is 9.18 Å². The fourth-order valence-corrected chi connectivity index (χ4v) is 5.23. The number of carbonyl (C=O) groups excluding carboxylic acids is 1. The van der Waals surface area contributed by atoms with Gasteiger partial charge in [-0.15, -0.1) is 10.2 Å². The molecule has 0 aliphatic rings. The monoisotopic (exact) mass is 492 g/mol. The smallest absolute Gasteiger partial charge is 0.192 e. The van der Waals surface area contributed by atoms with Crippen molar-refractivity contribution in [3.63, 3.8) is 0 Å². The molecule has 8 heteroatoms. The van der Waals surface area contributed by atoms with Gasteiger partial charge in [-0.05, 0) is 44.5 Å². The molecule has 0 saturated heterocycles. The average molecular weight is 493 g/mol. The van der Waals surface area contributed by atoms with Gasteiger partial charge in [0, 0.05) is 24.1 Å². The lowest BCUT2D eigenvalue weighted by molar-refractivity contribution is 0.102. The SMILES string of the molecule is COCC(C)n1c(C)cc(C(=O)CSc2nnc(-c3ccccc3F)n2Cc2ccccc2)c1C.